The Kier molecular flexibility index (Phi) is 9.55. The van der Waals surface area contributed by atoms with Crippen molar-refractivity contribution in [3.05, 3.63) is 35.9 Å². The molecule has 1 aromatic carbocycles. The van der Waals surface area contributed by atoms with Crippen LogP contribution in [0.15, 0.2) is 30.3 Å². The zero-order valence-electron chi connectivity index (χ0n) is 13.1. The summed E-state index contributed by atoms with van der Waals surface area (Å²) in [6.07, 6.45) is 8.27. The Hall–Kier alpha value is -1.35. The average Bonchev–Trinajstić information content (AvgIpc) is 2.50. The third kappa shape index (κ3) is 8.51. The van der Waals surface area contributed by atoms with Gasteiger partial charge in [0, 0.05) is 0 Å². The number of carboxylic acids is 1. The van der Waals surface area contributed by atoms with E-state index in [0.717, 1.165) is 18.4 Å². The number of rotatable bonds is 12. The average molecular weight is 292 g/mol. The molecule has 0 aromatic heterocycles. The number of ether oxygens (including phenoxy) is 1. The minimum atomic E-state index is -0.850. The number of carboxylic acid groups (broad SMARTS) is 1. The van der Waals surface area contributed by atoms with Crippen LogP contribution in [0.4, 0.5) is 0 Å². The molecular weight excluding hydrogens is 264 g/mol. The van der Waals surface area contributed by atoms with Crippen molar-refractivity contribution in [3.8, 4) is 0 Å². The molecular formula is C18H28O3. The molecule has 0 aliphatic carbocycles. The largest absolute Gasteiger partial charge is 0.479 e. The maximum absolute atomic E-state index is 11.2. The monoisotopic (exact) mass is 292 g/mol. The van der Waals surface area contributed by atoms with E-state index >= 15 is 0 Å². The Balaban J connectivity index is 2.17. The first-order valence-corrected chi connectivity index (χ1v) is 8.12. The fourth-order valence-corrected chi connectivity index (χ4v) is 2.34. The van der Waals surface area contributed by atoms with Gasteiger partial charge in [0.15, 0.2) is 6.10 Å². The third-order valence-electron chi connectivity index (χ3n) is 3.64. The number of carbonyl (C=O) groups is 1. The fraction of sp³-hybridized carbons (Fsp3) is 0.611. The number of hydrogen-bond donors (Lipinski definition) is 1. The van der Waals surface area contributed by atoms with Crippen molar-refractivity contribution in [2.24, 2.45) is 0 Å². The van der Waals surface area contributed by atoms with Crippen LogP contribution in [0.3, 0.4) is 0 Å². The zero-order valence-corrected chi connectivity index (χ0v) is 13.1. The number of aliphatic carboxylic acids is 1. The quantitative estimate of drug-likeness (QED) is 0.563. The van der Waals surface area contributed by atoms with Crippen molar-refractivity contribution >= 4 is 5.97 Å². The van der Waals surface area contributed by atoms with Gasteiger partial charge in [-0.05, 0) is 12.0 Å². The van der Waals surface area contributed by atoms with E-state index in [9.17, 15) is 9.90 Å². The Labute approximate surface area is 128 Å². The molecule has 0 aliphatic heterocycles. The number of unbranched alkanes of at least 4 members (excludes halogenated alkanes) is 6. The molecule has 1 rings (SSSR count). The van der Waals surface area contributed by atoms with E-state index in [1.54, 1.807) is 0 Å². The van der Waals surface area contributed by atoms with Gasteiger partial charge in [-0.1, -0.05) is 82.2 Å². The molecule has 0 heterocycles. The highest BCUT2D eigenvalue weighted by molar-refractivity contribution is 5.72. The van der Waals surface area contributed by atoms with Gasteiger partial charge in [-0.15, -0.1) is 0 Å². The normalized spacial score (nSPS) is 12.2. The van der Waals surface area contributed by atoms with Crippen LogP contribution >= 0.6 is 0 Å². The summed E-state index contributed by atoms with van der Waals surface area (Å²) in [6.45, 7) is 2.58. The number of benzene rings is 1. The van der Waals surface area contributed by atoms with Crippen LogP contribution < -0.4 is 0 Å². The van der Waals surface area contributed by atoms with Crippen LogP contribution in [-0.2, 0) is 16.1 Å². The lowest BCUT2D eigenvalue weighted by Gasteiger charge is -2.13. The molecule has 3 heteroatoms. The van der Waals surface area contributed by atoms with E-state index in [0.29, 0.717) is 13.0 Å². The standard InChI is InChI=1S/C18H28O3/c1-2-3-4-5-6-7-11-14-17(18(19)20)21-15-16-12-9-8-10-13-16/h8-10,12-13,17H,2-7,11,14-15H2,1H3,(H,19,20). The zero-order chi connectivity index (χ0) is 15.3. The highest BCUT2D eigenvalue weighted by Crippen LogP contribution is 2.13. The summed E-state index contributed by atoms with van der Waals surface area (Å²) in [4.78, 5) is 11.2. The van der Waals surface area contributed by atoms with Crippen LogP contribution in [0.2, 0.25) is 0 Å². The Bertz CT molecular complexity index is 375. The molecule has 3 nitrogen and oxygen atoms in total. The topological polar surface area (TPSA) is 46.5 Å². The van der Waals surface area contributed by atoms with E-state index in [2.05, 4.69) is 6.92 Å². The van der Waals surface area contributed by atoms with Gasteiger partial charge < -0.3 is 9.84 Å². The van der Waals surface area contributed by atoms with Crippen LogP contribution in [0, 0.1) is 0 Å². The summed E-state index contributed by atoms with van der Waals surface area (Å²) in [6, 6.07) is 9.71. The van der Waals surface area contributed by atoms with E-state index in [1.165, 1.54) is 32.1 Å². The van der Waals surface area contributed by atoms with Gasteiger partial charge in [-0.2, -0.15) is 0 Å². The van der Waals surface area contributed by atoms with Crippen molar-refractivity contribution in [1.82, 2.24) is 0 Å². The lowest BCUT2D eigenvalue weighted by molar-refractivity contribution is -0.151. The van der Waals surface area contributed by atoms with Crippen molar-refractivity contribution in [3.63, 3.8) is 0 Å². The highest BCUT2D eigenvalue weighted by atomic mass is 16.5. The van der Waals surface area contributed by atoms with Crippen LogP contribution in [0.5, 0.6) is 0 Å². The van der Waals surface area contributed by atoms with Gasteiger partial charge in [0.2, 0.25) is 0 Å². The molecule has 0 saturated carbocycles. The van der Waals surface area contributed by atoms with Gasteiger partial charge in [0.1, 0.15) is 0 Å². The highest BCUT2D eigenvalue weighted by Gasteiger charge is 2.17. The molecule has 1 unspecified atom stereocenters. The minimum absolute atomic E-state index is 0.369. The van der Waals surface area contributed by atoms with Crippen LogP contribution in [-0.4, -0.2) is 17.2 Å². The van der Waals surface area contributed by atoms with Crippen LogP contribution in [0.25, 0.3) is 0 Å². The molecule has 0 bridgehead atoms. The predicted molar refractivity (Wildman–Crippen MR) is 85.3 cm³/mol. The van der Waals surface area contributed by atoms with E-state index < -0.39 is 12.1 Å². The van der Waals surface area contributed by atoms with Crippen molar-refractivity contribution in [2.45, 2.75) is 71.0 Å². The molecule has 1 aromatic rings. The second-order valence-electron chi connectivity index (χ2n) is 5.53. The molecule has 0 spiro atoms. The predicted octanol–water partition coefficient (Wildman–Crippen LogP) is 4.80. The summed E-state index contributed by atoms with van der Waals surface area (Å²) in [5.74, 6) is -0.850. The summed E-state index contributed by atoms with van der Waals surface area (Å²) >= 11 is 0. The maximum Gasteiger partial charge on any atom is 0.332 e. The summed E-state index contributed by atoms with van der Waals surface area (Å²) < 4.78 is 5.54. The van der Waals surface area contributed by atoms with Crippen LogP contribution in [0.1, 0.15) is 63.9 Å². The molecule has 0 amide bonds. The van der Waals surface area contributed by atoms with Gasteiger partial charge in [-0.25, -0.2) is 4.79 Å². The molecule has 0 aliphatic rings. The summed E-state index contributed by atoms with van der Waals surface area (Å²) in [5.41, 5.74) is 1.02. The molecule has 0 radical (unpaired) electrons. The van der Waals surface area contributed by atoms with Crippen molar-refractivity contribution in [1.29, 1.82) is 0 Å². The Morgan fingerprint density at radius 1 is 1.05 bits per heavy atom. The first-order chi connectivity index (χ1) is 10.2. The summed E-state index contributed by atoms with van der Waals surface area (Å²) in [7, 11) is 0. The first-order valence-electron chi connectivity index (χ1n) is 8.12. The van der Waals surface area contributed by atoms with E-state index in [-0.39, 0.29) is 0 Å². The smallest absolute Gasteiger partial charge is 0.332 e. The summed E-state index contributed by atoms with van der Waals surface area (Å²) in [5, 5.41) is 9.20. The lowest BCUT2D eigenvalue weighted by Crippen LogP contribution is -2.23. The molecule has 1 atom stereocenters. The SMILES string of the molecule is CCCCCCCCCC(OCc1ccccc1)C(=O)O. The lowest BCUT2D eigenvalue weighted by atomic mass is 10.1. The Morgan fingerprint density at radius 2 is 1.67 bits per heavy atom. The third-order valence-corrected chi connectivity index (χ3v) is 3.64. The maximum atomic E-state index is 11.2. The van der Waals surface area contributed by atoms with Gasteiger partial charge in [0.25, 0.3) is 0 Å². The minimum Gasteiger partial charge on any atom is -0.479 e. The Morgan fingerprint density at radius 3 is 2.29 bits per heavy atom. The molecule has 118 valence electrons. The van der Waals surface area contributed by atoms with Crippen molar-refractivity contribution in [2.75, 3.05) is 0 Å². The molecule has 21 heavy (non-hydrogen) atoms. The van der Waals surface area contributed by atoms with Gasteiger partial charge in [0.05, 0.1) is 6.61 Å². The van der Waals surface area contributed by atoms with Gasteiger partial charge >= 0.3 is 5.97 Å². The van der Waals surface area contributed by atoms with E-state index in [1.807, 2.05) is 30.3 Å². The second kappa shape index (κ2) is 11.3. The van der Waals surface area contributed by atoms with Crippen molar-refractivity contribution < 1.29 is 14.6 Å². The fourth-order valence-electron chi connectivity index (χ4n) is 2.34. The second-order valence-corrected chi connectivity index (χ2v) is 5.53. The molecule has 1 N–H and O–H groups in total. The number of hydrogen-bond acceptors (Lipinski definition) is 2. The molecule has 0 fully saturated rings. The van der Waals surface area contributed by atoms with E-state index in [4.69, 9.17) is 4.74 Å². The molecule has 0 saturated heterocycles. The van der Waals surface area contributed by atoms with Gasteiger partial charge in [-0.3, -0.25) is 0 Å². The first kappa shape index (κ1) is 17.7.